The Labute approximate surface area is 178 Å². The summed E-state index contributed by atoms with van der Waals surface area (Å²) in [6, 6.07) is 13.2. The minimum absolute atomic E-state index is 0.614. The number of benzene rings is 2. The van der Waals surface area contributed by atoms with Crippen molar-refractivity contribution in [3.8, 4) is 17.6 Å². The molecule has 2 N–H and O–H groups in total. The van der Waals surface area contributed by atoms with Crippen LogP contribution in [0.4, 0.5) is 0 Å². The van der Waals surface area contributed by atoms with E-state index in [0.29, 0.717) is 11.3 Å². The first-order chi connectivity index (χ1) is 14.7. The molecular formula is C24H30N4O2. The van der Waals surface area contributed by atoms with E-state index < -0.39 is 0 Å². The SMILES string of the molecule is CNC.Cc1c(Oc2ccc(C#N)cc2)ccc2c(CCC3CCNCC3)noc12. The summed E-state index contributed by atoms with van der Waals surface area (Å²) >= 11 is 0. The average Bonchev–Trinajstić information content (AvgIpc) is 3.20. The van der Waals surface area contributed by atoms with Crippen LogP contribution in [0, 0.1) is 24.2 Å². The Kier molecular flexibility index (Phi) is 7.83. The largest absolute Gasteiger partial charge is 0.457 e. The van der Waals surface area contributed by atoms with Gasteiger partial charge < -0.3 is 19.9 Å². The van der Waals surface area contributed by atoms with Crippen LogP contribution in [0.1, 0.15) is 36.1 Å². The summed E-state index contributed by atoms with van der Waals surface area (Å²) < 4.78 is 11.6. The Morgan fingerprint density at radius 2 is 1.87 bits per heavy atom. The summed E-state index contributed by atoms with van der Waals surface area (Å²) in [6.07, 6.45) is 4.60. The normalized spacial score (nSPS) is 14.1. The van der Waals surface area contributed by atoms with Gasteiger partial charge in [-0.1, -0.05) is 5.16 Å². The van der Waals surface area contributed by atoms with Gasteiger partial charge in [-0.3, -0.25) is 0 Å². The molecule has 1 aliphatic heterocycles. The van der Waals surface area contributed by atoms with Gasteiger partial charge in [-0.15, -0.1) is 0 Å². The van der Waals surface area contributed by atoms with E-state index in [-0.39, 0.29) is 0 Å². The first-order valence-electron chi connectivity index (χ1n) is 10.5. The maximum Gasteiger partial charge on any atom is 0.173 e. The van der Waals surface area contributed by atoms with E-state index in [1.165, 1.54) is 12.8 Å². The van der Waals surface area contributed by atoms with E-state index in [2.05, 4.69) is 21.9 Å². The van der Waals surface area contributed by atoms with E-state index >= 15 is 0 Å². The summed E-state index contributed by atoms with van der Waals surface area (Å²) in [5, 5.41) is 20.5. The van der Waals surface area contributed by atoms with Crippen LogP contribution in [0.5, 0.6) is 11.5 Å². The van der Waals surface area contributed by atoms with Gasteiger partial charge >= 0.3 is 0 Å². The molecular weight excluding hydrogens is 376 g/mol. The number of nitrogens with zero attached hydrogens (tertiary/aromatic N) is 2. The van der Waals surface area contributed by atoms with E-state index in [0.717, 1.165) is 59.8 Å². The van der Waals surface area contributed by atoms with Gasteiger partial charge in [0, 0.05) is 10.9 Å². The molecule has 1 aliphatic rings. The Balaban J connectivity index is 0.000000806. The quantitative estimate of drug-likeness (QED) is 0.646. The minimum atomic E-state index is 0.614. The monoisotopic (exact) mass is 406 g/mol. The second kappa shape index (κ2) is 10.8. The van der Waals surface area contributed by atoms with Crippen LogP contribution in [-0.4, -0.2) is 32.3 Å². The molecule has 0 amide bonds. The van der Waals surface area contributed by atoms with Crippen molar-refractivity contribution in [3.05, 3.63) is 53.2 Å². The van der Waals surface area contributed by atoms with Crippen LogP contribution in [-0.2, 0) is 6.42 Å². The van der Waals surface area contributed by atoms with Crippen molar-refractivity contribution in [3.63, 3.8) is 0 Å². The summed E-state index contributed by atoms with van der Waals surface area (Å²) in [5.41, 5.74) is 3.39. The van der Waals surface area contributed by atoms with Crippen LogP contribution in [0.15, 0.2) is 40.9 Å². The van der Waals surface area contributed by atoms with E-state index in [9.17, 15) is 0 Å². The van der Waals surface area contributed by atoms with Gasteiger partial charge in [-0.25, -0.2) is 0 Å². The van der Waals surface area contributed by atoms with Crippen LogP contribution in [0.2, 0.25) is 0 Å². The molecule has 0 spiro atoms. The van der Waals surface area contributed by atoms with Gasteiger partial charge in [0.1, 0.15) is 11.5 Å². The highest BCUT2D eigenvalue weighted by molar-refractivity contribution is 5.84. The second-order valence-electron chi connectivity index (χ2n) is 7.66. The van der Waals surface area contributed by atoms with Crippen molar-refractivity contribution < 1.29 is 9.26 Å². The zero-order valence-corrected chi connectivity index (χ0v) is 18.0. The lowest BCUT2D eigenvalue weighted by Gasteiger charge is -2.21. The number of fused-ring (bicyclic) bond motifs is 1. The van der Waals surface area contributed by atoms with Gasteiger partial charge in [0.2, 0.25) is 0 Å². The van der Waals surface area contributed by atoms with Crippen LogP contribution >= 0.6 is 0 Å². The third-order valence-corrected chi connectivity index (χ3v) is 5.37. The molecule has 0 radical (unpaired) electrons. The molecule has 2 heterocycles. The summed E-state index contributed by atoms with van der Waals surface area (Å²) in [5.74, 6) is 2.22. The highest BCUT2D eigenvalue weighted by Gasteiger charge is 2.17. The van der Waals surface area contributed by atoms with Crippen LogP contribution < -0.4 is 15.4 Å². The third-order valence-electron chi connectivity index (χ3n) is 5.37. The number of piperidine rings is 1. The standard InChI is InChI=1S/C22H23N3O2.C2H7N/c1-15-21(26-18-5-2-17(14-23)3-6-18)9-7-19-20(25-27-22(15)19)8-4-16-10-12-24-13-11-16;1-3-2/h2-3,5-7,9,16,24H,4,8,10-13H2,1H3;3H,1-2H3. The smallest absolute Gasteiger partial charge is 0.173 e. The molecule has 1 aromatic heterocycles. The molecule has 0 saturated carbocycles. The maximum absolute atomic E-state index is 8.90. The van der Waals surface area contributed by atoms with Gasteiger partial charge in [-0.05, 0) is 102 Å². The highest BCUT2D eigenvalue weighted by Crippen LogP contribution is 2.33. The number of hydrogen-bond donors (Lipinski definition) is 2. The fourth-order valence-corrected chi connectivity index (χ4v) is 3.69. The van der Waals surface area contributed by atoms with Crippen molar-refractivity contribution in [2.45, 2.75) is 32.6 Å². The Morgan fingerprint density at radius 1 is 1.17 bits per heavy atom. The van der Waals surface area contributed by atoms with Crippen molar-refractivity contribution in [1.82, 2.24) is 15.8 Å². The number of rotatable bonds is 5. The van der Waals surface area contributed by atoms with Crippen LogP contribution in [0.3, 0.4) is 0 Å². The number of ether oxygens (including phenoxy) is 1. The van der Waals surface area contributed by atoms with Gasteiger partial charge in [0.15, 0.2) is 5.58 Å². The fraction of sp³-hybridized carbons (Fsp3) is 0.417. The molecule has 0 bridgehead atoms. The highest BCUT2D eigenvalue weighted by atomic mass is 16.5. The lowest BCUT2D eigenvalue weighted by atomic mass is 9.92. The first-order valence-corrected chi connectivity index (χ1v) is 10.5. The molecule has 4 rings (SSSR count). The number of hydrogen-bond acceptors (Lipinski definition) is 6. The number of nitriles is 1. The van der Waals surface area contributed by atoms with E-state index in [4.69, 9.17) is 14.5 Å². The molecule has 6 nitrogen and oxygen atoms in total. The third kappa shape index (κ3) is 5.38. The van der Waals surface area contributed by atoms with E-state index in [1.54, 1.807) is 24.3 Å². The molecule has 1 saturated heterocycles. The van der Waals surface area contributed by atoms with Crippen molar-refractivity contribution in [1.29, 1.82) is 5.26 Å². The lowest BCUT2D eigenvalue weighted by Crippen LogP contribution is -2.27. The van der Waals surface area contributed by atoms with Crippen molar-refractivity contribution in [2.24, 2.45) is 5.92 Å². The first kappa shape index (κ1) is 21.8. The Hall–Kier alpha value is -2.88. The summed E-state index contributed by atoms with van der Waals surface area (Å²) in [4.78, 5) is 0. The molecule has 3 aromatic rings. The van der Waals surface area contributed by atoms with Gasteiger partial charge in [0.25, 0.3) is 0 Å². The molecule has 1 fully saturated rings. The summed E-state index contributed by atoms with van der Waals surface area (Å²) in [6.45, 7) is 4.24. The Morgan fingerprint density at radius 3 is 2.53 bits per heavy atom. The molecule has 30 heavy (non-hydrogen) atoms. The minimum Gasteiger partial charge on any atom is -0.457 e. The van der Waals surface area contributed by atoms with Crippen LogP contribution in [0.25, 0.3) is 11.0 Å². The van der Waals surface area contributed by atoms with Crippen molar-refractivity contribution in [2.75, 3.05) is 27.2 Å². The molecule has 6 heteroatoms. The van der Waals surface area contributed by atoms with Gasteiger partial charge in [-0.2, -0.15) is 5.26 Å². The average molecular weight is 407 g/mol. The predicted octanol–water partition coefficient (Wildman–Crippen LogP) is 4.57. The Bertz CT molecular complexity index is 983. The molecule has 0 unspecified atom stereocenters. The fourth-order valence-electron chi connectivity index (χ4n) is 3.69. The topological polar surface area (TPSA) is 83.1 Å². The molecule has 2 aromatic carbocycles. The van der Waals surface area contributed by atoms with Gasteiger partial charge in [0.05, 0.1) is 17.3 Å². The zero-order valence-electron chi connectivity index (χ0n) is 18.0. The second-order valence-corrected chi connectivity index (χ2v) is 7.66. The lowest BCUT2D eigenvalue weighted by molar-refractivity contribution is 0.350. The predicted molar refractivity (Wildman–Crippen MR) is 119 cm³/mol. The molecule has 0 atom stereocenters. The maximum atomic E-state index is 8.90. The number of aromatic nitrogens is 1. The van der Waals surface area contributed by atoms with E-state index in [1.807, 2.05) is 33.2 Å². The number of nitrogens with one attached hydrogen (secondary N) is 2. The number of aryl methyl sites for hydroxylation is 2. The van der Waals surface area contributed by atoms with Crippen molar-refractivity contribution >= 4 is 11.0 Å². The summed E-state index contributed by atoms with van der Waals surface area (Å²) in [7, 11) is 3.75. The zero-order chi connectivity index (χ0) is 21.3. The molecule has 0 aliphatic carbocycles. The molecule has 158 valence electrons.